The van der Waals surface area contributed by atoms with Crippen LogP contribution in [0.15, 0.2) is 22.8 Å². The van der Waals surface area contributed by atoms with Crippen molar-refractivity contribution < 1.29 is 4.42 Å². The lowest BCUT2D eigenvalue weighted by molar-refractivity contribution is 0.162. The van der Waals surface area contributed by atoms with Crippen LogP contribution in [0.3, 0.4) is 0 Å². The fraction of sp³-hybridized carbons (Fsp3) is 0.667. The molecule has 0 aromatic carbocycles. The van der Waals surface area contributed by atoms with Crippen molar-refractivity contribution in [2.24, 2.45) is 5.73 Å². The van der Waals surface area contributed by atoms with Gasteiger partial charge in [0, 0.05) is 30.1 Å². The molecule has 3 unspecified atom stereocenters. The molecular formula is C12H20N2OS. The largest absolute Gasteiger partial charge is 0.468 e. The predicted molar refractivity (Wildman–Crippen MR) is 68.6 cm³/mol. The second-order valence-electron chi connectivity index (χ2n) is 4.50. The summed E-state index contributed by atoms with van der Waals surface area (Å²) in [5.74, 6) is 2.18. The van der Waals surface area contributed by atoms with Crippen LogP contribution in [-0.4, -0.2) is 35.0 Å². The molecule has 1 aromatic heterocycles. The summed E-state index contributed by atoms with van der Waals surface area (Å²) in [6.07, 6.45) is 1.73. The van der Waals surface area contributed by atoms with Gasteiger partial charge in [-0.05, 0) is 19.1 Å². The van der Waals surface area contributed by atoms with Gasteiger partial charge >= 0.3 is 0 Å². The average Bonchev–Trinajstić information content (AvgIpc) is 2.71. The number of furan rings is 1. The maximum absolute atomic E-state index is 6.10. The normalized spacial score (nSPS) is 26.6. The Labute approximate surface area is 101 Å². The monoisotopic (exact) mass is 240 g/mol. The second-order valence-corrected chi connectivity index (χ2v) is 6.04. The first kappa shape index (κ1) is 12.0. The Balaban J connectivity index is 2.13. The molecular weight excluding hydrogens is 220 g/mol. The van der Waals surface area contributed by atoms with E-state index >= 15 is 0 Å². The van der Waals surface area contributed by atoms with Gasteiger partial charge in [-0.15, -0.1) is 0 Å². The summed E-state index contributed by atoms with van der Waals surface area (Å²) < 4.78 is 5.52. The Morgan fingerprint density at radius 1 is 1.62 bits per heavy atom. The van der Waals surface area contributed by atoms with Crippen molar-refractivity contribution in [3.05, 3.63) is 24.2 Å². The van der Waals surface area contributed by atoms with E-state index in [0.717, 1.165) is 18.8 Å². The molecule has 1 saturated heterocycles. The molecule has 0 amide bonds. The maximum atomic E-state index is 6.10. The minimum atomic E-state index is 0.0986. The molecule has 1 aromatic rings. The van der Waals surface area contributed by atoms with Gasteiger partial charge in [-0.25, -0.2) is 0 Å². The second kappa shape index (κ2) is 5.25. The zero-order valence-corrected chi connectivity index (χ0v) is 10.7. The molecule has 2 rings (SSSR count). The van der Waals surface area contributed by atoms with E-state index in [1.807, 2.05) is 23.9 Å². The molecule has 1 aliphatic rings. The summed E-state index contributed by atoms with van der Waals surface area (Å²) in [6.45, 7) is 6.52. The highest BCUT2D eigenvalue weighted by Crippen LogP contribution is 2.29. The number of nitrogens with zero attached hydrogens (tertiary/aromatic N) is 1. The summed E-state index contributed by atoms with van der Waals surface area (Å²) in [6, 6.07) is 4.28. The van der Waals surface area contributed by atoms with Crippen LogP contribution in [0, 0.1) is 0 Å². The molecule has 90 valence electrons. The quantitative estimate of drug-likeness (QED) is 0.878. The highest BCUT2D eigenvalue weighted by molar-refractivity contribution is 7.99. The number of hydrogen-bond donors (Lipinski definition) is 1. The Morgan fingerprint density at radius 2 is 2.44 bits per heavy atom. The van der Waals surface area contributed by atoms with Gasteiger partial charge in [-0.2, -0.15) is 11.8 Å². The zero-order valence-electron chi connectivity index (χ0n) is 9.93. The molecule has 0 spiro atoms. The molecule has 1 aliphatic heterocycles. The standard InChI is InChI=1S/C12H20N2OS/c1-9-8-14(5-7-16-9)12(10(2)13)11-4-3-6-15-11/h3-4,6,9-10,12H,5,7-8,13H2,1-2H3. The van der Waals surface area contributed by atoms with Crippen molar-refractivity contribution in [3.8, 4) is 0 Å². The Hall–Kier alpha value is -0.450. The first-order valence-electron chi connectivity index (χ1n) is 5.83. The van der Waals surface area contributed by atoms with Crippen molar-refractivity contribution in [1.29, 1.82) is 0 Å². The van der Waals surface area contributed by atoms with E-state index in [2.05, 4.69) is 18.7 Å². The SMILES string of the molecule is CC1CN(C(c2ccco2)C(C)N)CCS1. The lowest BCUT2D eigenvalue weighted by Crippen LogP contribution is -2.45. The topological polar surface area (TPSA) is 42.4 Å². The Kier molecular flexibility index (Phi) is 3.95. The van der Waals surface area contributed by atoms with E-state index in [4.69, 9.17) is 10.2 Å². The van der Waals surface area contributed by atoms with Crippen LogP contribution in [0.25, 0.3) is 0 Å². The molecule has 0 radical (unpaired) electrons. The van der Waals surface area contributed by atoms with Gasteiger partial charge in [0.25, 0.3) is 0 Å². The lowest BCUT2D eigenvalue weighted by Gasteiger charge is -2.37. The van der Waals surface area contributed by atoms with Crippen LogP contribution < -0.4 is 5.73 Å². The first-order valence-corrected chi connectivity index (χ1v) is 6.88. The van der Waals surface area contributed by atoms with Gasteiger partial charge in [-0.1, -0.05) is 6.92 Å². The fourth-order valence-electron chi connectivity index (χ4n) is 2.33. The van der Waals surface area contributed by atoms with Crippen LogP contribution in [0.2, 0.25) is 0 Å². The minimum Gasteiger partial charge on any atom is -0.468 e. The molecule has 2 heterocycles. The maximum Gasteiger partial charge on any atom is 0.122 e. The van der Waals surface area contributed by atoms with Crippen molar-refractivity contribution in [2.45, 2.75) is 31.2 Å². The summed E-state index contributed by atoms with van der Waals surface area (Å²) in [4.78, 5) is 2.45. The predicted octanol–water partition coefficient (Wildman–Crippen LogP) is 2.11. The summed E-state index contributed by atoms with van der Waals surface area (Å²) in [5, 5.41) is 0.685. The van der Waals surface area contributed by atoms with Crippen LogP contribution in [0.4, 0.5) is 0 Å². The van der Waals surface area contributed by atoms with E-state index in [9.17, 15) is 0 Å². The van der Waals surface area contributed by atoms with Crippen molar-refractivity contribution >= 4 is 11.8 Å². The summed E-state index contributed by atoms with van der Waals surface area (Å²) in [7, 11) is 0. The molecule has 0 aliphatic carbocycles. The summed E-state index contributed by atoms with van der Waals surface area (Å²) in [5.41, 5.74) is 6.10. The van der Waals surface area contributed by atoms with Crippen molar-refractivity contribution in [1.82, 2.24) is 4.90 Å². The van der Waals surface area contributed by atoms with Gasteiger partial charge in [-0.3, -0.25) is 4.90 Å². The van der Waals surface area contributed by atoms with E-state index in [-0.39, 0.29) is 12.1 Å². The number of nitrogens with two attached hydrogens (primary N) is 1. The van der Waals surface area contributed by atoms with Crippen molar-refractivity contribution in [3.63, 3.8) is 0 Å². The van der Waals surface area contributed by atoms with Crippen LogP contribution in [0.5, 0.6) is 0 Å². The Bertz CT molecular complexity index is 313. The third-order valence-corrected chi connectivity index (χ3v) is 4.13. The van der Waals surface area contributed by atoms with E-state index in [1.54, 1.807) is 6.26 Å². The first-order chi connectivity index (χ1) is 7.68. The molecule has 3 nitrogen and oxygen atoms in total. The summed E-state index contributed by atoms with van der Waals surface area (Å²) >= 11 is 2.04. The molecule has 0 saturated carbocycles. The molecule has 16 heavy (non-hydrogen) atoms. The number of rotatable bonds is 3. The average molecular weight is 240 g/mol. The van der Waals surface area contributed by atoms with Crippen LogP contribution in [-0.2, 0) is 0 Å². The van der Waals surface area contributed by atoms with Gasteiger partial charge < -0.3 is 10.2 Å². The third-order valence-electron chi connectivity index (χ3n) is 3.00. The molecule has 3 atom stereocenters. The highest BCUT2D eigenvalue weighted by atomic mass is 32.2. The molecule has 2 N–H and O–H groups in total. The smallest absolute Gasteiger partial charge is 0.122 e. The fourth-order valence-corrected chi connectivity index (χ4v) is 3.37. The van der Waals surface area contributed by atoms with Gasteiger partial charge in [0.05, 0.1) is 12.3 Å². The van der Waals surface area contributed by atoms with Crippen LogP contribution >= 0.6 is 11.8 Å². The van der Waals surface area contributed by atoms with E-state index < -0.39 is 0 Å². The van der Waals surface area contributed by atoms with Gasteiger partial charge in [0.1, 0.15) is 5.76 Å². The third kappa shape index (κ3) is 2.62. The number of thioether (sulfide) groups is 1. The molecule has 0 bridgehead atoms. The Morgan fingerprint density at radius 3 is 3.00 bits per heavy atom. The van der Waals surface area contributed by atoms with Crippen LogP contribution in [0.1, 0.15) is 25.6 Å². The van der Waals surface area contributed by atoms with Crippen molar-refractivity contribution in [2.75, 3.05) is 18.8 Å². The molecule has 4 heteroatoms. The van der Waals surface area contributed by atoms with E-state index in [1.165, 1.54) is 5.75 Å². The van der Waals surface area contributed by atoms with E-state index in [0.29, 0.717) is 5.25 Å². The lowest BCUT2D eigenvalue weighted by atomic mass is 10.1. The number of hydrogen-bond acceptors (Lipinski definition) is 4. The van der Waals surface area contributed by atoms with Gasteiger partial charge in [0.15, 0.2) is 0 Å². The zero-order chi connectivity index (χ0) is 11.5. The highest BCUT2D eigenvalue weighted by Gasteiger charge is 2.29. The minimum absolute atomic E-state index is 0.0986. The van der Waals surface area contributed by atoms with Gasteiger partial charge in [0.2, 0.25) is 0 Å². The molecule has 1 fully saturated rings.